The minimum Gasteiger partial charge on any atom is -0.316 e. The molecule has 1 atom stereocenters. The lowest BCUT2D eigenvalue weighted by molar-refractivity contribution is 0.258. The molecule has 0 aromatic rings. The van der Waals surface area contributed by atoms with Gasteiger partial charge < -0.3 is 5.32 Å². The van der Waals surface area contributed by atoms with Crippen LogP contribution in [0.1, 0.15) is 45.4 Å². The largest absolute Gasteiger partial charge is 0.316 e. The van der Waals surface area contributed by atoms with Gasteiger partial charge in [-0.2, -0.15) is 12.7 Å². The number of rotatable bonds is 9. The van der Waals surface area contributed by atoms with Gasteiger partial charge in [-0.15, -0.1) is 0 Å². The third-order valence-electron chi connectivity index (χ3n) is 4.22. The lowest BCUT2D eigenvalue weighted by Crippen LogP contribution is -2.47. The molecule has 0 aromatic carbocycles. The summed E-state index contributed by atoms with van der Waals surface area (Å²) in [4.78, 5) is 0. The van der Waals surface area contributed by atoms with Gasteiger partial charge >= 0.3 is 0 Å². The average molecular weight is 303 g/mol. The van der Waals surface area contributed by atoms with E-state index in [1.54, 1.807) is 4.31 Å². The minimum atomic E-state index is -3.26. The molecule has 1 saturated carbocycles. The molecule has 0 radical (unpaired) electrons. The molecule has 6 heteroatoms. The zero-order valence-corrected chi connectivity index (χ0v) is 13.4. The van der Waals surface area contributed by atoms with E-state index in [-0.39, 0.29) is 0 Å². The summed E-state index contributed by atoms with van der Waals surface area (Å²) < 4.78 is 28.9. The monoisotopic (exact) mass is 303 g/mol. The maximum Gasteiger partial charge on any atom is 0.279 e. The van der Waals surface area contributed by atoms with Crippen LogP contribution in [0, 0.1) is 11.8 Å². The van der Waals surface area contributed by atoms with Crippen molar-refractivity contribution >= 4 is 10.2 Å². The van der Waals surface area contributed by atoms with Crippen molar-refractivity contribution in [3.8, 4) is 0 Å². The highest BCUT2D eigenvalue weighted by Gasteiger charge is 2.29. The Hall–Kier alpha value is -0.170. The number of hydrogen-bond donors (Lipinski definition) is 2. The van der Waals surface area contributed by atoms with Gasteiger partial charge in [-0.05, 0) is 50.6 Å². The lowest BCUT2D eigenvalue weighted by atomic mass is 10.00. The van der Waals surface area contributed by atoms with Crippen molar-refractivity contribution in [2.45, 2.75) is 45.4 Å². The summed E-state index contributed by atoms with van der Waals surface area (Å²) in [6.45, 7) is 6.03. The van der Waals surface area contributed by atoms with Crippen LogP contribution in [0.5, 0.6) is 0 Å². The van der Waals surface area contributed by atoms with Gasteiger partial charge in [-0.25, -0.2) is 4.72 Å². The first-order valence-corrected chi connectivity index (χ1v) is 9.51. The van der Waals surface area contributed by atoms with Gasteiger partial charge in [-0.3, -0.25) is 0 Å². The molecule has 2 aliphatic rings. The molecule has 0 bridgehead atoms. The molecule has 1 heterocycles. The summed E-state index contributed by atoms with van der Waals surface area (Å²) in [5, 5.41) is 3.40. The Morgan fingerprint density at radius 3 is 2.65 bits per heavy atom. The number of nitrogens with one attached hydrogen (secondary N) is 2. The van der Waals surface area contributed by atoms with Crippen molar-refractivity contribution in [2.75, 3.05) is 32.7 Å². The topological polar surface area (TPSA) is 61.4 Å². The summed E-state index contributed by atoms with van der Waals surface area (Å²) in [5.41, 5.74) is 0. The molecule has 1 unspecified atom stereocenters. The molecule has 2 N–H and O–H groups in total. The molecule has 20 heavy (non-hydrogen) atoms. The Morgan fingerprint density at radius 2 is 1.95 bits per heavy atom. The molecule has 0 spiro atoms. The van der Waals surface area contributed by atoms with Crippen LogP contribution >= 0.6 is 0 Å². The van der Waals surface area contributed by atoms with Crippen molar-refractivity contribution in [3.05, 3.63) is 0 Å². The normalized spacial score (nSPS) is 24.9. The average Bonchev–Trinajstić information content (AvgIpc) is 3.23. The molecular formula is C14H29N3O2S. The van der Waals surface area contributed by atoms with Crippen molar-refractivity contribution in [1.82, 2.24) is 14.3 Å². The maximum atomic E-state index is 12.3. The summed E-state index contributed by atoms with van der Waals surface area (Å²) in [7, 11) is -3.26. The summed E-state index contributed by atoms with van der Waals surface area (Å²) in [6.07, 6.45) is 6.77. The SMILES string of the molecule is CCCNCC1CCCN(S(=O)(=O)NCCC2CC2)C1. The first kappa shape index (κ1) is 16.2. The van der Waals surface area contributed by atoms with E-state index in [1.807, 2.05) is 0 Å². The fourth-order valence-corrected chi connectivity index (χ4v) is 4.12. The Bertz CT molecular complexity index is 382. The van der Waals surface area contributed by atoms with E-state index in [0.717, 1.165) is 44.7 Å². The molecule has 1 saturated heterocycles. The smallest absolute Gasteiger partial charge is 0.279 e. The molecular weight excluding hydrogens is 274 g/mol. The highest BCUT2D eigenvalue weighted by Crippen LogP contribution is 2.31. The molecule has 1 aliphatic heterocycles. The fourth-order valence-electron chi connectivity index (χ4n) is 2.78. The van der Waals surface area contributed by atoms with Gasteiger partial charge in [-0.1, -0.05) is 19.8 Å². The standard InChI is InChI=1S/C14H29N3O2S/c1-2-8-15-11-14-4-3-10-17(12-14)20(18,19)16-9-7-13-5-6-13/h13-16H,2-12H2,1H3. The van der Waals surface area contributed by atoms with Gasteiger partial charge in [0.2, 0.25) is 0 Å². The second-order valence-corrected chi connectivity index (χ2v) is 7.96. The molecule has 2 fully saturated rings. The summed E-state index contributed by atoms with van der Waals surface area (Å²) in [5.74, 6) is 1.22. The predicted octanol–water partition coefficient (Wildman–Crippen LogP) is 1.33. The third kappa shape index (κ3) is 5.31. The highest BCUT2D eigenvalue weighted by atomic mass is 32.2. The number of piperidine rings is 1. The van der Waals surface area contributed by atoms with Gasteiger partial charge in [0.1, 0.15) is 0 Å². The van der Waals surface area contributed by atoms with Crippen LogP contribution < -0.4 is 10.0 Å². The van der Waals surface area contributed by atoms with Crippen LogP contribution in [0.15, 0.2) is 0 Å². The predicted molar refractivity (Wildman–Crippen MR) is 81.7 cm³/mol. The van der Waals surface area contributed by atoms with Crippen LogP contribution in [-0.4, -0.2) is 45.4 Å². The molecule has 2 rings (SSSR count). The van der Waals surface area contributed by atoms with E-state index >= 15 is 0 Å². The van der Waals surface area contributed by atoms with Crippen molar-refractivity contribution < 1.29 is 8.42 Å². The van der Waals surface area contributed by atoms with Crippen LogP contribution in [-0.2, 0) is 10.2 Å². The van der Waals surface area contributed by atoms with E-state index < -0.39 is 10.2 Å². The molecule has 0 aromatic heterocycles. The number of hydrogen-bond acceptors (Lipinski definition) is 3. The van der Waals surface area contributed by atoms with Crippen LogP contribution in [0.4, 0.5) is 0 Å². The van der Waals surface area contributed by atoms with Crippen molar-refractivity contribution in [2.24, 2.45) is 11.8 Å². The Balaban J connectivity index is 1.73. The quantitative estimate of drug-likeness (QED) is 0.632. The van der Waals surface area contributed by atoms with Gasteiger partial charge in [0.15, 0.2) is 0 Å². The second kappa shape index (κ2) is 7.73. The van der Waals surface area contributed by atoms with Crippen molar-refractivity contribution in [3.63, 3.8) is 0 Å². The number of nitrogens with zero attached hydrogens (tertiary/aromatic N) is 1. The Morgan fingerprint density at radius 1 is 1.15 bits per heavy atom. The van der Waals surface area contributed by atoms with Crippen LogP contribution in [0.25, 0.3) is 0 Å². The van der Waals surface area contributed by atoms with E-state index in [4.69, 9.17) is 0 Å². The first-order valence-electron chi connectivity index (χ1n) is 8.07. The molecule has 0 amide bonds. The van der Waals surface area contributed by atoms with Crippen LogP contribution in [0.3, 0.4) is 0 Å². The van der Waals surface area contributed by atoms with E-state index in [9.17, 15) is 8.42 Å². The fraction of sp³-hybridized carbons (Fsp3) is 1.00. The van der Waals surface area contributed by atoms with Crippen LogP contribution in [0.2, 0.25) is 0 Å². The van der Waals surface area contributed by atoms with E-state index in [1.165, 1.54) is 12.8 Å². The molecule has 1 aliphatic carbocycles. The van der Waals surface area contributed by atoms with Gasteiger partial charge in [0.05, 0.1) is 0 Å². The van der Waals surface area contributed by atoms with Gasteiger partial charge in [0, 0.05) is 19.6 Å². The minimum absolute atomic E-state index is 0.454. The maximum absolute atomic E-state index is 12.3. The third-order valence-corrected chi connectivity index (χ3v) is 5.80. The van der Waals surface area contributed by atoms with E-state index in [0.29, 0.717) is 25.6 Å². The first-order chi connectivity index (χ1) is 9.62. The summed E-state index contributed by atoms with van der Waals surface area (Å²) >= 11 is 0. The summed E-state index contributed by atoms with van der Waals surface area (Å²) in [6, 6.07) is 0. The van der Waals surface area contributed by atoms with E-state index in [2.05, 4.69) is 17.0 Å². The molecule has 5 nitrogen and oxygen atoms in total. The Kier molecular flexibility index (Phi) is 6.26. The Labute approximate surface area is 123 Å². The lowest BCUT2D eigenvalue weighted by Gasteiger charge is -2.32. The molecule has 118 valence electrons. The second-order valence-electron chi connectivity index (χ2n) is 6.20. The van der Waals surface area contributed by atoms with Gasteiger partial charge in [0.25, 0.3) is 10.2 Å². The zero-order valence-electron chi connectivity index (χ0n) is 12.6. The van der Waals surface area contributed by atoms with Crippen molar-refractivity contribution in [1.29, 1.82) is 0 Å². The highest BCUT2D eigenvalue weighted by molar-refractivity contribution is 7.87. The zero-order chi connectivity index (χ0) is 14.4.